The Morgan fingerprint density at radius 1 is 1.06 bits per heavy atom. The Morgan fingerprint density at radius 3 is 2.40 bits per heavy atom. The number of hydrogen-bond donors (Lipinski definition) is 1. The van der Waals surface area contributed by atoms with Gasteiger partial charge in [-0.05, 0) is 59.9 Å². The number of benzene rings is 3. The molecule has 2 amide bonds. The van der Waals surface area contributed by atoms with E-state index in [4.69, 9.17) is 23.2 Å². The van der Waals surface area contributed by atoms with Gasteiger partial charge in [0.05, 0.1) is 10.7 Å². The molecule has 4 aromatic rings. The Bertz CT molecular complexity index is 1330. The van der Waals surface area contributed by atoms with E-state index in [1.165, 1.54) is 28.5 Å². The van der Waals surface area contributed by atoms with E-state index in [9.17, 15) is 14.0 Å². The highest BCUT2D eigenvalue weighted by atomic mass is 35.5. The fourth-order valence-corrected chi connectivity index (χ4v) is 4.41. The summed E-state index contributed by atoms with van der Waals surface area (Å²) in [6.45, 7) is 2.06. The van der Waals surface area contributed by atoms with Crippen LogP contribution in [0.5, 0.6) is 0 Å². The lowest BCUT2D eigenvalue weighted by atomic mass is 10.0. The quantitative estimate of drug-likeness (QED) is 0.319. The fraction of sp³-hybridized carbons (Fsp3) is 0.120. The molecule has 178 valence electrons. The van der Waals surface area contributed by atoms with Gasteiger partial charge >= 0.3 is 0 Å². The second kappa shape index (κ2) is 10.9. The molecule has 0 radical (unpaired) electrons. The number of nitrogens with zero attached hydrogens (tertiary/aromatic N) is 3. The van der Waals surface area contributed by atoms with Crippen LogP contribution in [0, 0.1) is 12.7 Å². The molecule has 6 nitrogen and oxygen atoms in total. The molecular weight excluding hydrogens is 510 g/mol. The molecule has 4 rings (SSSR count). The average molecular weight is 529 g/mol. The zero-order valence-corrected chi connectivity index (χ0v) is 20.7. The summed E-state index contributed by atoms with van der Waals surface area (Å²) >= 11 is 13.6. The van der Waals surface area contributed by atoms with Gasteiger partial charge in [-0.25, -0.2) is 4.39 Å². The number of amides is 2. The van der Waals surface area contributed by atoms with Crippen molar-refractivity contribution in [2.45, 2.75) is 19.5 Å². The van der Waals surface area contributed by atoms with Crippen LogP contribution in [-0.4, -0.2) is 21.4 Å². The number of halogens is 3. The van der Waals surface area contributed by atoms with Crippen molar-refractivity contribution in [1.29, 1.82) is 0 Å². The summed E-state index contributed by atoms with van der Waals surface area (Å²) < 4.78 is 17.1. The maximum absolute atomic E-state index is 13.7. The third-order valence-corrected chi connectivity index (χ3v) is 6.29. The predicted molar refractivity (Wildman–Crippen MR) is 135 cm³/mol. The van der Waals surface area contributed by atoms with Gasteiger partial charge in [0.25, 0.3) is 5.91 Å². The molecule has 0 aliphatic heterocycles. The highest BCUT2D eigenvalue weighted by molar-refractivity contribution is 7.03. The van der Waals surface area contributed by atoms with Gasteiger partial charge in [0, 0.05) is 16.9 Å². The number of hydrogen-bond acceptors (Lipinski definition) is 5. The molecule has 0 aliphatic carbocycles. The number of aryl methyl sites for hydroxylation is 1. The lowest BCUT2D eigenvalue weighted by Crippen LogP contribution is -2.44. The van der Waals surface area contributed by atoms with Crippen LogP contribution in [0.15, 0.2) is 72.1 Å². The minimum Gasteiger partial charge on any atom is -0.350 e. The molecule has 1 heterocycles. The van der Waals surface area contributed by atoms with Crippen LogP contribution in [-0.2, 0) is 11.3 Å². The van der Waals surface area contributed by atoms with Crippen molar-refractivity contribution in [3.8, 4) is 0 Å². The number of rotatable bonds is 7. The van der Waals surface area contributed by atoms with Gasteiger partial charge in [0.2, 0.25) is 5.91 Å². The molecule has 10 heteroatoms. The lowest BCUT2D eigenvalue weighted by Gasteiger charge is -2.31. The van der Waals surface area contributed by atoms with Crippen molar-refractivity contribution in [3.63, 3.8) is 0 Å². The minimum absolute atomic E-state index is 0.0736. The molecule has 0 fully saturated rings. The first-order valence-electron chi connectivity index (χ1n) is 10.5. The first kappa shape index (κ1) is 24.8. The zero-order chi connectivity index (χ0) is 24.9. The van der Waals surface area contributed by atoms with Crippen LogP contribution >= 0.6 is 34.7 Å². The number of aromatic nitrogens is 2. The van der Waals surface area contributed by atoms with Crippen molar-refractivity contribution in [2.24, 2.45) is 0 Å². The maximum atomic E-state index is 13.7. The standard InChI is InChI=1S/C25H19Cl2FN4O2S/c1-15-2-6-17(7-3-15)23(24(33)29-13-16-4-9-19(28)10-5-16)32(25(34)21-14-35-31-30-21)22-11-8-18(26)12-20(22)27/h2-12,14,23H,13H2,1H3,(H,29,33)/t23-/m0/s1. The first-order valence-corrected chi connectivity index (χ1v) is 12.1. The van der Waals surface area contributed by atoms with Gasteiger partial charge < -0.3 is 5.32 Å². The second-order valence-corrected chi connectivity index (χ2v) is 9.17. The Labute approximate surface area is 215 Å². The Hall–Kier alpha value is -3.33. The molecule has 3 aromatic carbocycles. The van der Waals surface area contributed by atoms with Gasteiger partial charge in [0.15, 0.2) is 5.69 Å². The Balaban J connectivity index is 1.78. The third kappa shape index (κ3) is 5.85. The van der Waals surface area contributed by atoms with Crippen LogP contribution in [0.4, 0.5) is 10.1 Å². The molecule has 0 bridgehead atoms. The average Bonchev–Trinajstić information content (AvgIpc) is 3.38. The SMILES string of the molecule is Cc1ccc([C@@H](C(=O)NCc2ccc(F)cc2)N(C(=O)c2csnn2)c2ccc(Cl)cc2Cl)cc1. The van der Waals surface area contributed by atoms with Gasteiger partial charge in [0.1, 0.15) is 11.9 Å². The lowest BCUT2D eigenvalue weighted by molar-refractivity contribution is -0.122. The van der Waals surface area contributed by atoms with Gasteiger partial charge in [-0.2, -0.15) is 0 Å². The summed E-state index contributed by atoms with van der Waals surface area (Å²) in [7, 11) is 0. The van der Waals surface area contributed by atoms with E-state index in [0.717, 1.165) is 17.1 Å². The monoisotopic (exact) mass is 528 g/mol. The summed E-state index contributed by atoms with van der Waals surface area (Å²) in [5, 5.41) is 8.83. The summed E-state index contributed by atoms with van der Waals surface area (Å²) in [6, 6.07) is 16.6. The fourth-order valence-electron chi connectivity index (χ4n) is 3.48. The van der Waals surface area contributed by atoms with E-state index in [1.807, 2.05) is 19.1 Å². The van der Waals surface area contributed by atoms with Gasteiger partial charge in [-0.1, -0.05) is 69.7 Å². The zero-order valence-electron chi connectivity index (χ0n) is 18.4. The summed E-state index contributed by atoms with van der Waals surface area (Å²) in [6.07, 6.45) is 0. The molecule has 0 saturated carbocycles. The topological polar surface area (TPSA) is 75.2 Å². The summed E-state index contributed by atoms with van der Waals surface area (Å²) in [5.74, 6) is -1.38. The Kier molecular flexibility index (Phi) is 7.75. The number of carbonyl (C=O) groups is 2. The largest absolute Gasteiger partial charge is 0.350 e. The van der Waals surface area contributed by atoms with Gasteiger partial charge in [-0.3, -0.25) is 14.5 Å². The Morgan fingerprint density at radius 2 is 1.77 bits per heavy atom. The van der Waals surface area contributed by atoms with Crippen LogP contribution in [0.3, 0.4) is 0 Å². The molecule has 0 spiro atoms. The van der Waals surface area contributed by atoms with Crippen molar-refractivity contribution in [2.75, 3.05) is 4.90 Å². The van der Waals surface area contributed by atoms with Crippen LogP contribution < -0.4 is 10.2 Å². The molecule has 1 atom stereocenters. The number of nitrogens with one attached hydrogen (secondary N) is 1. The summed E-state index contributed by atoms with van der Waals surface area (Å²) in [5.41, 5.74) is 2.62. The van der Waals surface area contributed by atoms with Gasteiger partial charge in [-0.15, -0.1) is 5.10 Å². The molecule has 0 saturated heterocycles. The van der Waals surface area contributed by atoms with E-state index >= 15 is 0 Å². The van der Waals surface area contributed by atoms with Crippen LogP contribution in [0.25, 0.3) is 0 Å². The second-order valence-electron chi connectivity index (χ2n) is 7.72. The molecular formula is C25H19Cl2FN4O2S. The molecule has 0 unspecified atom stereocenters. The van der Waals surface area contributed by atoms with E-state index in [2.05, 4.69) is 14.9 Å². The predicted octanol–water partition coefficient (Wildman–Crippen LogP) is 6.00. The van der Waals surface area contributed by atoms with E-state index in [-0.39, 0.29) is 28.8 Å². The van der Waals surface area contributed by atoms with Crippen molar-refractivity contribution < 1.29 is 14.0 Å². The number of carbonyl (C=O) groups excluding carboxylic acids is 2. The van der Waals surface area contributed by atoms with Crippen molar-refractivity contribution in [1.82, 2.24) is 14.9 Å². The highest BCUT2D eigenvalue weighted by Gasteiger charge is 2.35. The molecule has 35 heavy (non-hydrogen) atoms. The highest BCUT2D eigenvalue weighted by Crippen LogP contribution is 2.36. The first-order chi connectivity index (χ1) is 16.8. The maximum Gasteiger partial charge on any atom is 0.280 e. The van der Waals surface area contributed by atoms with Crippen molar-refractivity contribution in [3.05, 3.63) is 110 Å². The summed E-state index contributed by atoms with van der Waals surface area (Å²) in [4.78, 5) is 28.6. The minimum atomic E-state index is -1.09. The van der Waals surface area contributed by atoms with Crippen LogP contribution in [0.1, 0.15) is 33.2 Å². The molecule has 0 aliphatic rings. The molecule has 1 aromatic heterocycles. The van der Waals surface area contributed by atoms with Crippen molar-refractivity contribution >= 4 is 52.2 Å². The van der Waals surface area contributed by atoms with E-state index in [1.54, 1.807) is 36.4 Å². The van der Waals surface area contributed by atoms with E-state index in [0.29, 0.717) is 16.1 Å². The number of anilines is 1. The third-order valence-electron chi connectivity index (χ3n) is 5.25. The van der Waals surface area contributed by atoms with Crippen LogP contribution in [0.2, 0.25) is 10.0 Å². The smallest absolute Gasteiger partial charge is 0.280 e. The normalized spacial score (nSPS) is 11.7. The molecule has 1 N–H and O–H groups in total. The van der Waals surface area contributed by atoms with E-state index < -0.39 is 17.9 Å².